The number of aliphatic hydroxyl groups excluding tert-OH is 2. The monoisotopic (exact) mass is 659 g/mol. The molecule has 1 aromatic carbocycles. The highest BCUT2D eigenvalue weighted by Crippen LogP contribution is 2.69. The summed E-state index contributed by atoms with van der Waals surface area (Å²) in [5.74, 6) is 2.79. The van der Waals surface area contributed by atoms with Crippen LogP contribution in [0.2, 0.25) is 0 Å². The van der Waals surface area contributed by atoms with E-state index in [1.54, 1.807) is 12.1 Å². The fourth-order valence-corrected chi connectivity index (χ4v) is 12.4. The van der Waals surface area contributed by atoms with Crippen molar-refractivity contribution in [1.29, 1.82) is 0 Å². The van der Waals surface area contributed by atoms with Crippen LogP contribution >= 0.6 is 0 Å². The number of carbonyl (C=O) groups is 1. The fourth-order valence-electron chi connectivity index (χ4n) is 11.4. The summed E-state index contributed by atoms with van der Waals surface area (Å²) < 4.78 is 40.1. The number of aryl methyl sites for hydroxylation is 1. The maximum Gasteiger partial charge on any atom is 0.421 e. The van der Waals surface area contributed by atoms with Gasteiger partial charge in [-0.25, -0.2) is 17.9 Å². The Balaban J connectivity index is 1.09. The number of ether oxygens (including phenoxy) is 2. The van der Waals surface area contributed by atoms with Crippen molar-refractivity contribution in [3.63, 3.8) is 0 Å². The first-order chi connectivity index (χ1) is 21.7. The first-order valence-corrected chi connectivity index (χ1v) is 19.5. The number of hydrogen-bond acceptors (Lipinski definition) is 7. The van der Waals surface area contributed by atoms with Gasteiger partial charge in [0.15, 0.2) is 0 Å². The molecule has 4 fully saturated rings. The summed E-state index contributed by atoms with van der Waals surface area (Å²) in [6, 6.07) is 4.76. The largest absolute Gasteiger partial charge is 0.487 e. The van der Waals surface area contributed by atoms with Gasteiger partial charge in [-0.3, -0.25) is 0 Å². The van der Waals surface area contributed by atoms with Gasteiger partial charge < -0.3 is 19.7 Å². The van der Waals surface area contributed by atoms with Gasteiger partial charge in [-0.2, -0.15) is 0 Å². The Morgan fingerprint density at radius 2 is 1.74 bits per heavy atom. The van der Waals surface area contributed by atoms with Crippen molar-refractivity contribution < 1.29 is 32.9 Å². The molecule has 0 saturated heterocycles. The minimum absolute atomic E-state index is 0.0300. The van der Waals surface area contributed by atoms with Gasteiger partial charge in [-0.15, -0.1) is 0 Å². The Kier molecular flexibility index (Phi) is 9.06. The molecule has 4 saturated carbocycles. The second kappa shape index (κ2) is 12.2. The molecule has 1 heterocycles. The zero-order valence-electron chi connectivity index (χ0n) is 28.8. The predicted octanol–water partition coefficient (Wildman–Crippen LogP) is 6.86. The normalized spacial score (nSPS) is 42.4. The number of sulfonamides is 1. The Labute approximate surface area is 276 Å². The smallest absolute Gasteiger partial charge is 0.421 e. The topological polar surface area (TPSA) is 122 Å². The Morgan fingerprint density at radius 3 is 2.46 bits per heavy atom. The van der Waals surface area contributed by atoms with Crippen molar-refractivity contribution >= 4 is 16.1 Å². The van der Waals surface area contributed by atoms with Crippen LogP contribution in [0.5, 0.6) is 5.75 Å². The number of amides is 1. The molecule has 8 nitrogen and oxygen atoms in total. The number of hydrogen-bond donors (Lipinski definition) is 3. The summed E-state index contributed by atoms with van der Waals surface area (Å²) in [5, 5.41) is 22.5. The van der Waals surface area contributed by atoms with Gasteiger partial charge in [-0.1, -0.05) is 41.0 Å². The van der Waals surface area contributed by atoms with Crippen molar-refractivity contribution in [3.05, 3.63) is 23.8 Å². The maximum atomic E-state index is 13.1. The van der Waals surface area contributed by atoms with E-state index in [-0.39, 0.29) is 57.9 Å². The molecule has 0 bridgehead atoms. The van der Waals surface area contributed by atoms with E-state index in [1.165, 1.54) is 6.07 Å². The third-order valence-electron chi connectivity index (χ3n) is 14.2. The number of rotatable bonds is 7. The number of nitrogens with one attached hydrogen (secondary N) is 1. The molecular weight excluding hydrogens is 602 g/mol. The lowest BCUT2D eigenvalue weighted by Crippen LogP contribution is -2.62. The maximum absolute atomic E-state index is 13.1. The van der Waals surface area contributed by atoms with Crippen LogP contribution in [0, 0.1) is 52.3 Å². The van der Waals surface area contributed by atoms with Gasteiger partial charge >= 0.3 is 6.09 Å². The Morgan fingerprint density at radius 1 is 1.02 bits per heavy atom. The number of aliphatic hydroxyl groups is 2. The summed E-state index contributed by atoms with van der Waals surface area (Å²) in [7, 11) is -4.10. The van der Waals surface area contributed by atoms with Gasteiger partial charge in [-0.05, 0) is 147 Å². The summed E-state index contributed by atoms with van der Waals surface area (Å²) >= 11 is 0. The molecule has 0 spiro atoms. The van der Waals surface area contributed by atoms with E-state index in [0.717, 1.165) is 69.8 Å². The molecule has 1 unspecified atom stereocenters. The molecular formula is C37H57NO7S. The molecule has 46 heavy (non-hydrogen) atoms. The highest BCUT2D eigenvalue weighted by molar-refractivity contribution is 7.90. The van der Waals surface area contributed by atoms with Gasteiger partial charge in [0.05, 0.1) is 23.7 Å². The van der Waals surface area contributed by atoms with E-state index in [0.29, 0.717) is 35.8 Å². The molecule has 5 aliphatic rings. The fraction of sp³-hybridized carbons (Fsp3) is 0.811. The molecule has 1 aliphatic heterocycles. The van der Waals surface area contributed by atoms with Crippen LogP contribution in [0.15, 0.2) is 23.1 Å². The van der Waals surface area contributed by atoms with Gasteiger partial charge in [0.25, 0.3) is 10.0 Å². The molecule has 4 aliphatic carbocycles. The summed E-state index contributed by atoms with van der Waals surface area (Å²) in [6.07, 6.45) is 8.73. The van der Waals surface area contributed by atoms with E-state index in [2.05, 4.69) is 46.3 Å². The molecule has 1 amide bonds. The molecule has 0 aromatic heterocycles. The molecule has 0 radical (unpaired) electrons. The predicted molar refractivity (Wildman–Crippen MR) is 177 cm³/mol. The SMILES string of the molecule is CC[C@H]1[C@@H](O)[C@@H]2[C@H](CC[C@]3(C)[C@@H]([C@H](C)COC(=O)NS(=O)(=O)c4ccc5c(c4)CCC(C)(CC)O5)CC[C@@H]23)[C@@]2(C)CC[C@@H](O)C[C@@H]12. The van der Waals surface area contributed by atoms with Crippen LogP contribution in [-0.4, -0.2) is 49.1 Å². The molecule has 1 aromatic rings. The second-order valence-electron chi connectivity index (χ2n) is 16.5. The summed E-state index contributed by atoms with van der Waals surface area (Å²) in [5.41, 5.74) is 0.760. The van der Waals surface area contributed by atoms with E-state index >= 15 is 0 Å². The third-order valence-corrected chi connectivity index (χ3v) is 15.5. The van der Waals surface area contributed by atoms with Crippen LogP contribution in [-0.2, 0) is 21.2 Å². The van der Waals surface area contributed by atoms with Crippen LogP contribution in [0.4, 0.5) is 4.79 Å². The van der Waals surface area contributed by atoms with Gasteiger partial charge in [0.2, 0.25) is 0 Å². The lowest BCUT2D eigenvalue weighted by atomic mass is 9.41. The Hall–Kier alpha value is -1.84. The van der Waals surface area contributed by atoms with Gasteiger partial charge in [0, 0.05) is 0 Å². The third kappa shape index (κ3) is 5.68. The van der Waals surface area contributed by atoms with Crippen LogP contribution < -0.4 is 9.46 Å². The van der Waals surface area contributed by atoms with Gasteiger partial charge in [0.1, 0.15) is 11.4 Å². The van der Waals surface area contributed by atoms with Crippen molar-refractivity contribution in [2.45, 2.75) is 135 Å². The van der Waals surface area contributed by atoms with E-state index in [4.69, 9.17) is 9.47 Å². The number of benzene rings is 1. The van der Waals surface area contributed by atoms with Crippen LogP contribution in [0.3, 0.4) is 0 Å². The lowest BCUT2D eigenvalue weighted by Gasteiger charge is -2.64. The molecule has 9 heteroatoms. The lowest BCUT2D eigenvalue weighted by molar-refractivity contribution is -0.203. The number of carbonyl (C=O) groups excluding carboxylic acids is 1. The van der Waals surface area contributed by atoms with Crippen molar-refractivity contribution in [2.24, 2.45) is 52.3 Å². The first-order valence-electron chi connectivity index (χ1n) is 18.0. The van der Waals surface area contributed by atoms with Crippen molar-refractivity contribution in [1.82, 2.24) is 4.72 Å². The quantitative estimate of drug-likeness (QED) is 0.292. The zero-order chi connectivity index (χ0) is 33.2. The molecule has 3 N–H and O–H groups in total. The molecule has 12 atom stereocenters. The first kappa shape index (κ1) is 34.0. The van der Waals surface area contributed by atoms with Crippen LogP contribution in [0.25, 0.3) is 0 Å². The van der Waals surface area contributed by atoms with E-state index in [9.17, 15) is 23.4 Å². The standard InChI is InChI=1S/C37H57NO7S/c1-7-26-30-20-24(39)14-17-37(30,6)29-15-18-36(5)27(10-11-28(36)32(29)33(26)40)22(3)21-44-34(41)38-46(42,43)25-9-12-31-23(19-25)13-16-35(4,8-2)45-31/h9,12,19,22,24,26-30,32-33,39-40H,7-8,10-11,13-18,20-21H2,1-6H3,(H,38,41)/t22-,24-,26-,27-,28+,29+,30+,32+,33-,35?,36-,37-/m1/s1. The number of fused-ring (bicyclic) bond motifs is 6. The minimum atomic E-state index is -4.10. The minimum Gasteiger partial charge on any atom is -0.487 e. The molecule has 6 rings (SSSR count). The van der Waals surface area contributed by atoms with Crippen molar-refractivity contribution in [3.8, 4) is 5.75 Å². The average molecular weight is 660 g/mol. The summed E-state index contributed by atoms with van der Waals surface area (Å²) in [4.78, 5) is 12.9. The van der Waals surface area contributed by atoms with E-state index in [1.807, 2.05) is 0 Å². The zero-order valence-corrected chi connectivity index (χ0v) is 29.6. The Bertz CT molecular complexity index is 1420. The average Bonchev–Trinajstić information content (AvgIpc) is 3.37. The highest BCUT2D eigenvalue weighted by atomic mass is 32.2. The molecule has 258 valence electrons. The highest BCUT2D eigenvalue weighted by Gasteiger charge is 2.65. The van der Waals surface area contributed by atoms with E-state index < -0.39 is 16.1 Å². The van der Waals surface area contributed by atoms with Crippen molar-refractivity contribution in [2.75, 3.05) is 6.61 Å². The van der Waals surface area contributed by atoms with Crippen LogP contribution in [0.1, 0.15) is 111 Å². The second-order valence-corrected chi connectivity index (χ2v) is 18.2. The summed E-state index contributed by atoms with van der Waals surface area (Å²) in [6.45, 7) is 13.4.